The zero-order valence-corrected chi connectivity index (χ0v) is 16.8. The van der Waals surface area contributed by atoms with Gasteiger partial charge in [-0.25, -0.2) is 0 Å². The maximum atomic E-state index is 10.6. The zero-order chi connectivity index (χ0) is 20.3. The standard InChI is InChI=1S/C25H26O4/c1-25(2)15-21(26)20-13-23(27-16-18-9-5-3-6-10-18)24(14-22(20)29-25)28-17-19-11-7-4-8-12-19/h3-14,21,26H,15-17H2,1-2H3. The Morgan fingerprint density at radius 1 is 0.862 bits per heavy atom. The highest BCUT2D eigenvalue weighted by Gasteiger charge is 2.34. The lowest BCUT2D eigenvalue weighted by molar-refractivity contribution is 0.0109. The van der Waals surface area contributed by atoms with E-state index in [1.54, 1.807) is 0 Å². The quantitative estimate of drug-likeness (QED) is 0.609. The van der Waals surface area contributed by atoms with E-state index in [2.05, 4.69) is 0 Å². The number of rotatable bonds is 6. The third-order valence-electron chi connectivity index (χ3n) is 4.98. The Balaban J connectivity index is 1.62. The fraction of sp³-hybridized carbons (Fsp3) is 0.280. The van der Waals surface area contributed by atoms with Crippen molar-refractivity contribution in [1.29, 1.82) is 0 Å². The van der Waals surface area contributed by atoms with E-state index in [0.717, 1.165) is 16.7 Å². The fourth-order valence-electron chi connectivity index (χ4n) is 3.52. The predicted molar refractivity (Wildman–Crippen MR) is 112 cm³/mol. The second-order valence-corrected chi connectivity index (χ2v) is 7.97. The molecule has 3 aromatic carbocycles. The van der Waals surface area contributed by atoms with Crippen LogP contribution in [0, 0.1) is 0 Å². The van der Waals surface area contributed by atoms with Crippen LogP contribution in [0.1, 0.15) is 43.1 Å². The molecule has 1 aliphatic rings. The summed E-state index contributed by atoms with van der Waals surface area (Å²) in [5, 5.41) is 10.6. The van der Waals surface area contributed by atoms with Gasteiger partial charge in [0.1, 0.15) is 24.6 Å². The molecule has 0 spiro atoms. The molecule has 0 amide bonds. The molecular weight excluding hydrogens is 364 g/mol. The molecule has 1 heterocycles. The first kappa shape index (κ1) is 19.3. The Morgan fingerprint density at radius 2 is 1.38 bits per heavy atom. The van der Waals surface area contributed by atoms with Gasteiger partial charge in [0.05, 0.1) is 6.10 Å². The van der Waals surface area contributed by atoms with Crippen LogP contribution in [0.5, 0.6) is 17.2 Å². The van der Waals surface area contributed by atoms with Gasteiger partial charge in [-0.2, -0.15) is 0 Å². The molecule has 1 aliphatic heterocycles. The highest BCUT2D eigenvalue weighted by molar-refractivity contribution is 5.52. The van der Waals surface area contributed by atoms with Crippen molar-refractivity contribution in [2.45, 2.75) is 45.2 Å². The van der Waals surface area contributed by atoms with E-state index >= 15 is 0 Å². The molecule has 1 N–H and O–H groups in total. The Bertz CT molecular complexity index is 951. The molecule has 4 rings (SSSR count). The van der Waals surface area contributed by atoms with Gasteiger partial charge in [-0.1, -0.05) is 60.7 Å². The smallest absolute Gasteiger partial charge is 0.165 e. The van der Waals surface area contributed by atoms with E-state index in [1.165, 1.54) is 0 Å². The largest absolute Gasteiger partial charge is 0.487 e. The van der Waals surface area contributed by atoms with Crippen LogP contribution < -0.4 is 14.2 Å². The first-order valence-corrected chi connectivity index (χ1v) is 9.89. The summed E-state index contributed by atoms with van der Waals surface area (Å²) in [4.78, 5) is 0. The van der Waals surface area contributed by atoms with Crippen molar-refractivity contribution in [2.24, 2.45) is 0 Å². The second kappa shape index (κ2) is 8.18. The second-order valence-electron chi connectivity index (χ2n) is 7.97. The molecule has 0 saturated heterocycles. The maximum absolute atomic E-state index is 10.6. The predicted octanol–water partition coefficient (Wildman–Crippen LogP) is 5.44. The number of ether oxygens (including phenoxy) is 3. The molecule has 0 bridgehead atoms. The van der Waals surface area contributed by atoms with Gasteiger partial charge < -0.3 is 19.3 Å². The number of hydrogen-bond donors (Lipinski definition) is 1. The lowest BCUT2D eigenvalue weighted by Gasteiger charge is -2.36. The minimum absolute atomic E-state index is 0.420. The van der Waals surface area contributed by atoms with Gasteiger partial charge in [0.2, 0.25) is 0 Å². The highest BCUT2D eigenvalue weighted by Crippen LogP contribution is 2.45. The summed E-state index contributed by atoms with van der Waals surface area (Å²) in [6.07, 6.45) is -0.0708. The van der Waals surface area contributed by atoms with Crippen LogP contribution in [0.25, 0.3) is 0 Å². The van der Waals surface area contributed by atoms with Gasteiger partial charge in [0.15, 0.2) is 11.5 Å². The normalized spacial score (nSPS) is 17.1. The van der Waals surface area contributed by atoms with Crippen molar-refractivity contribution in [2.75, 3.05) is 0 Å². The molecule has 3 aromatic rings. The number of aliphatic hydroxyl groups is 1. The van der Waals surface area contributed by atoms with Gasteiger partial charge in [-0.15, -0.1) is 0 Å². The molecule has 0 aromatic heterocycles. The summed E-state index contributed by atoms with van der Waals surface area (Å²) in [6, 6.07) is 23.7. The molecule has 4 nitrogen and oxygen atoms in total. The van der Waals surface area contributed by atoms with E-state index in [1.807, 2.05) is 86.6 Å². The SMILES string of the molecule is CC1(C)CC(O)c2cc(OCc3ccccc3)c(OCc3ccccc3)cc2O1. The van der Waals surface area contributed by atoms with E-state index in [0.29, 0.717) is 36.9 Å². The van der Waals surface area contributed by atoms with Gasteiger partial charge in [0, 0.05) is 18.1 Å². The van der Waals surface area contributed by atoms with E-state index in [-0.39, 0.29) is 0 Å². The molecule has 1 atom stereocenters. The molecule has 4 heteroatoms. The Hall–Kier alpha value is -2.98. The topological polar surface area (TPSA) is 47.9 Å². The summed E-state index contributed by atoms with van der Waals surface area (Å²) in [7, 11) is 0. The third-order valence-corrected chi connectivity index (χ3v) is 4.98. The van der Waals surface area contributed by atoms with Crippen LogP contribution in [0.3, 0.4) is 0 Å². The molecule has 0 fully saturated rings. The zero-order valence-electron chi connectivity index (χ0n) is 16.8. The van der Waals surface area contributed by atoms with Gasteiger partial charge in [0.25, 0.3) is 0 Å². The minimum Gasteiger partial charge on any atom is -0.487 e. The van der Waals surface area contributed by atoms with Gasteiger partial charge in [-0.05, 0) is 31.0 Å². The number of fused-ring (bicyclic) bond motifs is 1. The van der Waals surface area contributed by atoms with Crippen LogP contribution in [0.2, 0.25) is 0 Å². The number of hydrogen-bond acceptors (Lipinski definition) is 4. The van der Waals surface area contributed by atoms with Gasteiger partial charge >= 0.3 is 0 Å². The van der Waals surface area contributed by atoms with Crippen molar-refractivity contribution in [3.63, 3.8) is 0 Å². The molecular formula is C25H26O4. The summed E-state index contributed by atoms with van der Waals surface area (Å²) in [5.74, 6) is 1.85. The lowest BCUT2D eigenvalue weighted by atomic mass is 9.91. The summed E-state index contributed by atoms with van der Waals surface area (Å²) in [5.41, 5.74) is 2.44. The average molecular weight is 390 g/mol. The molecule has 1 unspecified atom stereocenters. The van der Waals surface area contributed by atoms with Crippen molar-refractivity contribution < 1.29 is 19.3 Å². The monoisotopic (exact) mass is 390 g/mol. The number of benzene rings is 3. The van der Waals surface area contributed by atoms with Crippen molar-refractivity contribution in [3.8, 4) is 17.2 Å². The Labute approximate surface area is 171 Å². The van der Waals surface area contributed by atoms with Crippen LogP contribution in [0.4, 0.5) is 0 Å². The van der Waals surface area contributed by atoms with Crippen molar-refractivity contribution >= 4 is 0 Å². The minimum atomic E-state index is -0.601. The van der Waals surface area contributed by atoms with Crippen LogP contribution >= 0.6 is 0 Å². The van der Waals surface area contributed by atoms with E-state index < -0.39 is 11.7 Å². The first-order valence-electron chi connectivity index (χ1n) is 9.89. The van der Waals surface area contributed by atoms with Crippen LogP contribution in [-0.2, 0) is 13.2 Å². The van der Waals surface area contributed by atoms with Gasteiger partial charge in [-0.3, -0.25) is 0 Å². The number of aliphatic hydroxyl groups excluding tert-OH is 1. The fourth-order valence-corrected chi connectivity index (χ4v) is 3.52. The highest BCUT2D eigenvalue weighted by atomic mass is 16.5. The van der Waals surface area contributed by atoms with Crippen LogP contribution in [-0.4, -0.2) is 10.7 Å². The average Bonchev–Trinajstić information content (AvgIpc) is 2.71. The van der Waals surface area contributed by atoms with E-state index in [9.17, 15) is 5.11 Å². The van der Waals surface area contributed by atoms with Crippen molar-refractivity contribution in [1.82, 2.24) is 0 Å². The summed E-state index contributed by atoms with van der Waals surface area (Å²) >= 11 is 0. The van der Waals surface area contributed by atoms with E-state index in [4.69, 9.17) is 14.2 Å². The molecule has 0 saturated carbocycles. The lowest BCUT2D eigenvalue weighted by Crippen LogP contribution is -2.34. The molecule has 0 radical (unpaired) electrons. The first-order chi connectivity index (χ1) is 14.0. The van der Waals surface area contributed by atoms with Crippen LogP contribution in [0.15, 0.2) is 72.8 Å². The molecule has 0 aliphatic carbocycles. The summed E-state index contributed by atoms with van der Waals surface area (Å²) in [6.45, 7) is 4.80. The molecule has 29 heavy (non-hydrogen) atoms. The van der Waals surface area contributed by atoms with Crippen molar-refractivity contribution in [3.05, 3.63) is 89.5 Å². The summed E-state index contributed by atoms with van der Waals surface area (Å²) < 4.78 is 18.3. The third kappa shape index (κ3) is 4.72. The molecule has 150 valence electrons. The Morgan fingerprint density at radius 3 is 1.93 bits per heavy atom. The maximum Gasteiger partial charge on any atom is 0.165 e. The Kier molecular flexibility index (Phi) is 5.45.